The Morgan fingerprint density at radius 1 is 1.21 bits per heavy atom. The molecule has 24 heavy (non-hydrogen) atoms. The molecule has 4 aliphatic carbocycles. The molecular weight excluding hydrogens is 300 g/mol. The van der Waals surface area contributed by atoms with Crippen molar-refractivity contribution in [3.05, 3.63) is 11.6 Å². The van der Waals surface area contributed by atoms with Crippen molar-refractivity contribution >= 4 is 17.9 Å². The van der Waals surface area contributed by atoms with Gasteiger partial charge in [0.15, 0.2) is 0 Å². The van der Waals surface area contributed by atoms with Gasteiger partial charge in [-0.3, -0.25) is 9.59 Å². The zero-order valence-electron chi connectivity index (χ0n) is 15.0. The monoisotopic (exact) mass is 328 g/mol. The Balaban J connectivity index is 1.80. The summed E-state index contributed by atoms with van der Waals surface area (Å²) in [4.78, 5) is 37.1. The molecule has 0 spiro atoms. The molecule has 4 rings (SSSR count). The topological polar surface area (TPSA) is 51.2 Å². The Bertz CT molecular complexity index is 647. The van der Waals surface area contributed by atoms with Crippen LogP contribution in [0.5, 0.6) is 0 Å². The molecule has 3 saturated carbocycles. The van der Waals surface area contributed by atoms with Crippen LogP contribution >= 0.6 is 0 Å². The summed E-state index contributed by atoms with van der Waals surface area (Å²) in [5, 5.41) is 0. The second kappa shape index (κ2) is 5.12. The van der Waals surface area contributed by atoms with E-state index in [1.807, 2.05) is 0 Å². The molecule has 130 valence electrons. The molecule has 4 aliphatic rings. The van der Waals surface area contributed by atoms with E-state index in [0.29, 0.717) is 48.6 Å². The second-order valence-corrected chi connectivity index (χ2v) is 9.17. The van der Waals surface area contributed by atoms with Crippen LogP contribution in [0, 0.1) is 40.4 Å². The number of aldehydes is 1. The SMILES string of the molecule is CC1CC2CC(=O)CC(C)[C@]2(C=O)[C@@H]2CC[C@]3(C)C(=O)CC=C3[C@H]12. The first-order chi connectivity index (χ1) is 11.3. The highest BCUT2D eigenvalue weighted by atomic mass is 16.1. The minimum absolute atomic E-state index is 0.128. The van der Waals surface area contributed by atoms with Crippen molar-refractivity contribution < 1.29 is 14.4 Å². The van der Waals surface area contributed by atoms with E-state index in [0.717, 1.165) is 19.3 Å². The summed E-state index contributed by atoms with van der Waals surface area (Å²) in [6.07, 6.45) is 7.83. The first-order valence-electron chi connectivity index (χ1n) is 9.56. The van der Waals surface area contributed by atoms with Gasteiger partial charge in [0.2, 0.25) is 0 Å². The van der Waals surface area contributed by atoms with E-state index in [1.165, 1.54) is 11.9 Å². The number of carbonyl (C=O) groups excluding carboxylic acids is 3. The van der Waals surface area contributed by atoms with Gasteiger partial charge in [-0.1, -0.05) is 25.5 Å². The molecule has 0 aromatic carbocycles. The molecule has 0 bridgehead atoms. The molecule has 0 saturated heterocycles. The van der Waals surface area contributed by atoms with Gasteiger partial charge in [0.25, 0.3) is 0 Å². The summed E-state index contributed by atoms with van der Waals surface area (Å²) < 4.78 is 0. The van der Waals surface area contributed by atoms with Gasteiger partial charge >= 0.3 is 0 Å². The van der Waals surface area contributed by atoms with Crippen molar-refractivity contribution in [3.63, 3.8) is 0 Å². The van der Waals surface area contributed by atoms with Crippen LogP contribution in [0.25, 0.3) is 0 Å². The molecule has 7 atom stereocenters. The molecule has 3 heteroatoms. The first-order valence-corrected chi connectivity index (χ1v) is 9.56. The molecule has 0 heterocycles. The van der Waals surface area contributed by atoms with Crippen LogP contribution in [0.15, 0.2) is 11.6 Å². The molecule has 0 radical (unpaired) electrons. The maximum Gasteiger partial charge on any atom is 0.146 e. The quantitative estimate of drug-likeness (QED) is 0.544. The third-order valence-electron chi connectivity index (χ3n) is 8.19. The fourth-order valence-corrected chi connectivity index (χ4v) is 7.01. The molecule has 3 nitrogen and oxygen atoms in total. The Labute approximate surface area is 144 Å². The third kappa shape index (κ3) is 1.82. The van der Waals surface area contributed by atoms with Gasteiger partial charge in [-0.2, -0.15) is 0 Å². The molecule has 3 unspecified atom stereocenters. The van der Waals surface area contributed by atoms with Crippen LogP contribution in [-0.4, -0.2) is 17.9 Å². The number of hydrogen-bond donors (Lipinski definition) is 0. The summed E-state index contributed by atoms with van der Waals surface area (Å²) in [7, 11) is 0. The Morgan fingerprint density at radius 3 is 2.67 bits per heavy atom. The fourth-order valence-electron chi connectivity index (χ4n) is 7.01. The standard InChI is InChI=1S/C21H28O3/c1-12-8-14-10-15(23)9-13(2)21(14,11-22)17-6-7-20(3)16(19(12)17)4-5-18(20)24/h4,11-14,17,19H,5-10H2,1-3H3/t12?,13?,14?,17-,19+,20+,21+/m1/s1. The highest BCUT2D eigenvalue weighted by Crippen LogP contribution is 2.65. The van der Waals surface area contributed by atoms with E-state index >= 15 is 0 Å². The number of allylic oxidation sites excluding steroid dienone is 2. The minimum Gasteiger partial charge on any atom is -0.303 e. The molecule has 0 amide bonds. The van der Waals surface area contributed by atoms with E-state index < -0.39 is 0 Å². The van der Waals surface area contributed by atoms with Crippen molar-refractivity contribution in [3.8, 4) is 0 Å². The maximum absolute atomic E-state index is 12.5. The average molecular weight is 328 g/mol. The molecule has 0 aromatic rings. The summed E-state index contributed by atoms with van der Waals surface area (Å²) in [5.74, 6) is 2.10. The smallest absolute Gasteiger partial charge is 0.146 e. The van der Waals surface area contributed by atoms with Crippen LogP contribution in [0.2, 0.25) is 0 Å². The highest BCUT2D eigenvalue weighted by Gasteiger charge is 2.63. The van der Waals surface area contributed by atoms with Crippen LogP contribution in [0.3, 0.4) is 0 Å². The van der Waals surface area contributed by atoms with Gasteiger partial charge in [0.1, 0.15) is 17.9 Å². The first kappa shape index (κ1) is 16.2. The number of rotatable bonds is 1. The van der Waals surface area contributed by atoms with Crippen molar-refractivity contribution in [1.29, 1.82) is 0 Å². The van der Waals surface area contributed by atoms with Crippen molar-refractivity contribution in [1.82, 2.24) is 0 Å². The van der Waals surface area contributed by atoms with Crippen molar-refractivity contribution in [2.75, 3.05) is 0 Å². The maximum atomic E-state index is 12.5. The number of ketones is 2. The number of fused-ring (bicyclic) bond motifs is 5. The van der Waals surface area contributed by atoms with Crippen LogP contribution in [-0.2, 0) is 14.4 Å². The largest absolute Gasteiger partial charge is 0.303 e. The summed E-state index contributed by atoms with van der Waals surface area (Å²) in [5.41, 5.74) is 0.666. The Kier molecular flexibility index (Phi) is 3.47. The van der Waals surface area contributed by atoms with Gasteiger partial charge < -0.3 is 4.79 Å². The summed E-state index contributed by atoms with van der Waals surface area (Å²) in [6, 6.07) is 0. The number of hydrogen-bond acceptors (Lipinski definition) is 3. The zero-order valence-corrected chi connectivity index (χ0v) is 15.0. The molecule has 0 aromatic heterocycles. The third-order valence-corrected chi connectivity index (χ3v) is 8.19. The minimum atomic E-state index is -0.362. The fraction of sp³-hybridized carbons (Fsp3) is 0.762. The van der Waals surface area contributed by atoms with E-state index in [2.05, 4.69) is 26.8 Å². The van der Waals surface area contributed by atoms with E-state index in [9.17, 15) is 14.4 Å². The van der Waals surface area contributed by atoms with Crippen molar-refractivity contribution in [2.24, 2.45) is 40.4 Å². The van der Waals surface area contributed by atoms with Crippen LogP contribution in [0.1, 0.15) is 59.3 Å². The lowest BCUT2D eigenvalue weighted by Gasteiger charge is -2.60. The molecule has 0 N–H and O–H groups in total. The predicted octanol–water partition coefficient (Wildman–Crippen LogP) is 3.76. The van der Waals surface area contributed by atoms with E-state index in [-0.39, 0.29) is 22.7 Å². The van der Waals surface area contributed by atoms with E-state index in [4.69, 9.17) is 0 Å². The lowest BCUT2D eigenvalue weighted by atomic mass is 9.42. The van der Waals surface area contributed by atoms with Gasteiger partial charge in [-0.15, -0.1) is 0 Å². The summed E-state index contributed by atoms with van der Waals surface area (Å²) >= 11 is 0. The lowest BCUT2D eigenvalue weighted by molar-refractivity contribution is -0.156. The molecule has 3 fully saturated rings. The normalized spacial score (nSPS) is 50.6. The Hall–Kier alpha value is -1.25. The highest BCUT2D eigenvalue weighted by molar-refractivity contribution is 5.92. The molecular formula is C21H28O3. The van der Waals surface area contributed by atoms with Gasteiger partial charge in [-0.05, 0) is 55.8 Å². The summed E-state index contributed by atoms with van der Waals surface area (Å²) in [6.45, 7) is 6.49. The number of Topliss-reactive ketones (excluding diaryl/α,β-unsaturated/α-hetero) is 2. The van der Waals surface area contributed by atoms with Gasteiger partial charge in [0, 0.05) is 30.1 Å². The average Bonchev–Trinajstić information content (AvgIpc) is 2.82. The van der Waals surface area contributed by atoms with Crippen LogP contribution in [0.4, 0.5) is 0 Å². The number of carbonyl (C=O) groups is 3. The van der Waals surface area contributed by atoms with E-state index in [1.54, 1.807) is 0 Å². The van der Waals surface area contributed by atoms with Crippen LogP contribution < -0.4 is 0 Å². The van der Waals surface area contributed by atoms with Gasteiger partial charge in [-0.25, -0.2) is 0 Å². The zero-order chi connectivity index (χ0) is 17.3. The van der Waals surface area contributed by atoms with Crippen molar-refractivity contribution in [2.45, 2.75) is 59.3 Å². The second-order valence-electron chi connectivity index (χ2n) is 9.17. The van der Waals surface area contributed by atoms with Gasteiger partial charge in [0.05, 0.1) is 0 Å². The lowest BCUT2D eigenvalue weighted by Crippen LogP contribution is -2.59. The Morgan fingerprint density at radius 2 is 1.96 bits per heavy atom. The molecule has 0 aliphatic heterocycles. The predicted molar refractivity (Wildman–Crippen MR) is 91.2 cm³/mol.